The molecule has 0 fully saturated rings. The first-order valence-electron chi connectivity index (χ1n) is 7.40. The Morgan fingerprint density at radius 3 is 2.30 bits per heavy atom. The van der Waals surface area contributed by atoms with Crippen molar-refractivity contribution >= 4 is 12.0 Å². The van der Waals surface area contributed by atoms with Crippen LogP contribution in [-0.4, -0.2) is 30.2 Å². The topological polar surface area (TPSA) is 67.4 Å². The second-order valence-corrected chi connectivity index (χ2v) is 6.40. The summed E-state index contributed by atoms with van der Waals surface area (Å²) in [5.41, 5.74) is -0.517. The van der Waals surface area contributed by atoms with Crippen LogP contribution in [0, 0.1) is 5.92 Å². The van der Waals surface area contributed by atoms with Crippen molar-refractivity contribution in [3.05, 3.63) is 0 Å². The van der Waals surface area contributed by atoms with Crippen LogP contribution < -0.4 is 10.6 Å². The van der Waals surface area contributed by atoms with Crippen molar-refractivity contribution in [2.24, 2.45) is 5.92 Å². The predicted molar refractivity (Wildman–Crippen MR) is 80.5 cm³/mol. The van der Waals surface area contributed by atoms with Crippen LogP contribution >= 0.6 is 0 Å². The van der Waals surface area contributed by atoms with E-state index < -0.39 is 11.7 Å². The molecule has 0 rings (SSSR count). The fourth-order valence-corrected chi connectivity index (χ4v) is 1.77. The molecule has 0 aromatic heterocycles. The van der Waals surface area contributed by atoms with Gasteiger partial charge in [0.1, 0.15) is 5.60 Å². The van der Waals surface area contributed by atoms with Crippen LogP contribution in [0.2, 0.25) is 0 Å². The number of amides is 2. The van der Waals surface area contributed by atoms with E-state index >= 15 is 0 Å². The summed E-state index contributed by atoms with van der Waals surface area (Å²) in [5.74, 6) is 0.557. The van der Waals surface area contributed by atoms with E-state index in [0.717, 1.165) is 12.8 Å². The SMILES string of the molecule is CCC(C)CC(C)NC(=O)CCNC(=O)OC(C)(C)C. The highest BCUT2D eigenvalue weighted by molar-refractivity contribution is 5.77. The van der Waals surface area contributed by atoms with Crippen molar-refractivity contribution < 1.29 is 14.3 Å². The Balaban J connectivity index is 3.81. The van der Waals surface area contributed by atoms with Crippen molar-refractivity contribution in [3.8, 4) is 0 Å². The van der Waals surface area contributed by atoms with E-state index in [4.69, 9.17) is 4.74 Å². The van der Waals surface area contributed by atoms with Gasteiger partial charge in [-0.3, -0.25) is 4.79 Å². The molecule has 2 amide bonds. The second-order valence-electron chi connectivity index (χ2n) is 6.40. The van der Waals surface area contributed by atoms with E-state index in [1.54, 1.807) is 20.8 Å². The minimum atomic E-state index is -0.517. The Morgan fingerprint density at radius 2 is 1.80 bits per heavy atom. The van der Waals surface area contributed by atoms with Crippen LogP contribution in [0.1, 0.15) is 60.8 Å². The van der Waals surface area contributed by atoms with Crippen molar-refractivity contribution in [1.29, 1.82) is 0 Å². The molecule has 0 aliphatic rings. The Bertz CT molecular complexity index is 311. The monoisotopic (exact) mass is 286 g/mol. The van der Waals surface area contributed by atoms with Gasteiger partial charge in [-0.2, -0.15) is 0 Å². The van der Waals surface area contributed by atoms with E-state index in [0.29, 0.717) is 5.92 Å². The molecule has 5 nitrogen and oxygen atoms in total. The van der Waals surface area contributed by atoms with Gasteiger partial charge in [-0.05, 0) is 40.0 Å². The second kappa shape index (κ2) is 8.82. The van der Waals surface area contributed by atoms with Crippen LogP contribution in [0.25, 0.3) is 0 Å². The fraction of sp³-hybridized carbons (Fsp3) is 0.867. The van der Waals surface area contributed by atoms with Gasteiger partial charge in [0.15, 0.2) is 0 Å². The lowest BCUT2D eigenvalue weighted by molar-refractivity contribution is -0.121. The van der Waals surface area contributed by atoms with Crippen molar-refractivity contribution in [1.82, 2.24) is 10.6 Å². The molecule has 0 saturated heterocycles. The Hall–Kier alpha value is -1.26. The largest absolute Gasteiger partial charge is 0.444 e. The highest BCUT2D eigenvalue weighted by Gasteiger charge is 2.16. The van der Waals surface area contributed by atoms with Crippen molar-refractivity contribution in [3.63, 3.8) is 0 Å². The summed E-state index contributed by atoms with van der Waals surface area (Å²) < 4.78 is 5.09. The summed E-state index contributed by atoms with van der Waals surface area (Å²) in [6, 6.07) is 0.166. The molecular weight excluding hydrogens is 256 g/mol. The molecule has 0 spiro atoms. The molecule has 0 aromatic carbocycles. The van der Waals surface area contributed by atoms with Crippen molar-refractivity contribution in [2.75, 3.05) is 6.54 Å². The minimum absolute atomic E-state index is 0.0446. The number of alkyl carbamates (subject to hydrolysis) is 1. The Kier molecular flexibility index (Phi) is 8.26. The van der Waals surface area contributed by atoms with E-state index in [1.807, 2.05) is 6.92 Å². The molecule has 0 aromatic rings. The smallest absolute Gasteiger partial charge is 0.407 e. The van der Waals surface area contributed by atoms with Gasteiger partial charge in [-0.1, -0.05) is 20.3 Å². The summed E-state index contributed by atoms with van der Waals surface area (Å²) in [7, 11) is 0. The molecule has 5 heteroatoms. The predicted octanol–water partition coefficient (Wildman–Crippen LogP) is 2.84. The zero-order valence-corrected chi connectivity index (χ0v) is 13.7. The first-order chi connectivity index (χ1) is 9.14. The van der Waals surface area contributed by atoms with Crippen LogP contribution in [0.3, 0.4) is 0 Å². The van der Waals surface area contributed by atoms with Gasteiger partial charge in [0, 0.05) is 19.0 Å². The zero-order valence-electron chi connectivity index (χ0n) is 13.7. The summed E-state index contributed by atoms with van der Waals surface area (Å²) >= 11 is 0. The molecule has 2 unspecified atom stereocenters. The number of ether oxygens (including phenoxy) is 1. The molecule has 2 atom stereocenters. The third-order valence-electron chi connectivity index (χ3n) is 2.88. The normalized spacial score (nSPS) is 14.3. The summed E-state index contributed by atoms with van der Waals surface area (Å²) in [4.78, 5) is 23.1. The van der Waals surface area contributed by atoms with Crippen molar-refractivity contribution in [2.45, 2.75) is 72.4 Å². The summed E-state index contributed by atoms with van der Waals surface area (Å²) in [5, 5.41) is 5.51. The molecule has 20 heavy (non-hydrogen) atoms. The molecule has 0 aliphatic heterocycles. The van der Waals surface area contributed by atoms with Gasteiger partial charge in [0.2, 0.25) is 5.91 Å². The number of hydrogen-bond acceptors (Lipinski definition) is 3. The van der Waals surface area contributed by atoms with E-state index in [-0.39, 0.29) is 24.9 Å². The molecular formula is C15H30N2O3. The van der Waals surface area contributed by atoms with Gasteiger partial charge < -0.3 is 15.4 Å². The highest BCUT2D eigenvalue weighted by Crippen LogP contribution is 2.09. The quantitative estimate of drug-likeness (QED) is 0.756. The average Bonchev–Trinajstić information content (AvgIpc) is 2.25. The molecule has 0 heterocycles. The first kappa shape index (κ1) is 18.7. The lowest BCUT2D eigenvalue weighted by Crippen LogP contribution is -2.37. The highest BCUT2D eigenvalue weighted by atomic mass is 16.6. The average molecular weight is 286 g/mol. The Labute approximate surface area is 122 Å². The van der Waals surface area contributed by atoms with Crippen LogP contribution in [0.5, 0.6) is 0 Å². The maximum Gasteiger partial charge on any atom is 0.407 e. The number of carbonyl (C=O) groups excluding carboxylic acids is 2. The van der Waals surface area contributed by atoms with E-state index in [9.17, 15) is 9.59 Å². The standard InChI is InChI=1S/C15H30N2O3/c1-7-11(2)10-12(3)17-13(18)8-9-16-14(19)20-15(4,5)6/h11-12H,7-10H2,1-6H3,(H,16,19)(H,17,18). The van der Waals surface area contributed by atoms with Gasteiger partial charge in [-0.25, -0.2) is 4.79 Å². The maximum atomic E-state index is 11.7. The fourth-order valence-electron chi connectivity index (χ4n) is 1.77. The van der Waals surface area contributed by atoms with Gasteiger partial charge in [-0.15, -0.1) is 0 Å². The third kappa shape index (κ3) is 10.6. The number of carbonyl (C=O) groups is 2. The van der Waals surface area contributed by atoms with Crippen LogP contribution in [-0.2, 0) is 9.53 Å². The van der Waals surface area contributed by atoms with Crippen LogP contribution in [0.15, 0.2) is 0 Å². The van der Waals surface area contributed by atoms with E-state index in [1.165, 1.54) is 0 Å². The summed E-state index contributed by atoms with van der Waals surface area (Å²) in [6.07, 6.45) is 1.87. The molecule has 118 valence electrons. The van der Waals surface area contributed by atoms with Crippen LogP contribution in [0.4, 0.5) is 4.79 Å². The summed E-state index contributed by atoms with van der Waals surface area (Å²) in [6.45, 7) is 12.0. The lowest BCUT2D eigenvalue weighted by Gasteiger charge is -2.20. The lowest BCUT2D eigenvalue weighted by atomic mass is 10.0. The van der Waals surface area contributed by atoms with Gasteiger partial charge in [0.25, 0.3) is 0 Å². The molecule has 2 N–H and O–H groups in total. The van der Waals surface area contributed by atoms with Gasteiger partial charge >= 0.3 is 6.09 Å². The molecule has 0 saturated carbocycles. The third-order valence-corrected chi connectivity index (χ3v) is 2.88. The zero-order chi connectivity index (χ0) is 15.8. The number of nitrogens with one attached hydrogen (secondary N) is 2. The molecule has 0 aliphatic carbocycles. The number of rotatable bonds is 7. The first-order valence-corrected chi connectivity index (χ1v) is 7.40. The van der Waals surface area contributed by atoms with Gasteiger partial charge in [0.05, 0.1) is 0 Å². The molecule has 0 radical (unpaired) electrons. The maximum absolute atomic E-state index is 11.7. The van der Waals surface area contributed by atoms with E-state index in [2.05, 4.69) is 24.5 Å². The minimum Gasteiger partial charge on any atom is -0.444 e. The number of hydrogen-bond donors (Lipinski definition) is 2. The molecule has 0 bridgehead atoms. The Morgan fingerprint density at radius 1 is 1.20 bits per heavy atom.